The minimum atomic E-state index is -0.839. The molecule has 5 nitrogen and oxygen atoms in total. The zero-order valence-electron chi connectivity index (χ0n) is 10.2. The van der Waals surface area contributed by atoms with Crippen LogP contribution in [0.15, 0.2) is 22.8 Å². The van der Waals surface area contributed by atoms with Crippen LogP contribution in [0, 0.1) is 0 Å². The molecule has 1 saturated heterocycles. The summed E-state index contributed by atoms with van der Waals surface area (Å²) in [5.41, 5.74) is 0.593. The Balaban J connectivity index is 2.18. The van der Waals surface area contributed by atoms with Crippen LogP contribution in [0.4, 0.5) is 0 Å². The van der Waals surface area contributed by atoms with Gasteiger partial charge in [0.15, 0.2) is 6.04 Å². The van der Waals surface area contributed by atoms with Crippen molar-refractivity contribution in [3.8, 4) is 0 Å². The molecule has 1 aromatic rings. The molecule has 6 heteroatoms. The van der Waals surface area contributed by atoms with Crippen molar-refractivity contribution in [3.05, 3.63) is 28.5 Å². The van der Waals surface area contributed by atoms with Crippen molar-refractivity contribution in [3.63, 3.8) is 0 Å². The highest BCUT2D eigenvalue weighted by Crippen LogP contribution is 2.21. The summed E-state index contributed by atoms with van der Waals surface area (Å²) in [7, 11) is 2.05. The van der Waals surface area contributed by atoms with E-state index in [0.717, 1.165) is 30.7 Å². The third kappa shape index (κ3) is 3.07. The van der Waals surface area contributed by atoms with Crippen LogP contribution in [0.1, 0.15) is 11.7 Å². The molecule has 0 aliphatic carbocycles. The Kier molecular flexibility index (Phi) is 4.31. The maximum Gasteiger partial charge on any atom is 0.327 e. The third-order valence-corrected chi connectivity index (χ3v) is 3.64. The van der Waals surface area contributed by atoms with Gasteiger partial charge in [-0.1, -0.05) is 0 Å². The minimum Gasteiger partial charge on any atom is -0.480 e. The minimum absolute atomic E-state index is 0.593. The number of likely N-dealkylation sites (N-methyl/N-ethyl adjacent to an activating group) is 1. The molecule has 0 saturated carbocycles. The molecule has 0 amide bonds. The van der Waals surface area contributed by atoms with Gasteiger partial charge >= 0.3 is 5.97 Å². The van der Waals surface area contributed by atoms with E-state index in [1.165, 1.54) is 0 Å². The summed E-state index contributed by atoms with van der Waals surface area (Å²) in [6, 6.07) is 2.95. The van der Waals surface area contributed by atoms with E-state index in [1.807, 2.05) is 18.0 Å². The van der Waals surface area contributed by atoms with Crippen LogP contribution in [-0.4, -0.2) is 59.1 Å². The Morgan fingerprint density at radius 1 is 1.39 bits per heavy atom. The molecule has 98 valence electrons. The van der Waals surface area contributed by atoms with Crippen molar-refractivity contribution in [2.75, 3.05) is 33.2 Å². The number of piperazine rings is 1. The number of aliphatic carboxylic acids is 1. The summed E-state index contributed by atoms with van der Waals surface area (Å²) >= 11 is 3.31. The van der Waals surface area contributed by atoms with E-state index in [0.29, 0.717) is 5.69 Å². The van der Waals surface area contributed by atoms with Crippen LogP contribution in [0.5, 0.6) is 0 Å². The molecule has 1 aromatic heterocycles. The van der Waals surface area contributed by atoms with E-state index < -0.39 is 12.0 Å². The predicted molar refractivity (Wildman–Crippen MR) is 71.4 cm³/mol. The number of carbonyl (C=O) groups is 1. The van der Waals surface area contributed by atoms with Crippen molar-refractivity contribution >= 4 is 21.9 Å². The number of carboxylic acid groups (broad SMARTS) is 1. The average molecular weight is 314 g/mol. The van der Waals surface area contributed by atoms with Gasteiger partial charge in [0, 0.05) is 36.8 Å². The standard InChI is InChI=1S/C12H16BrN3O2/c1-15-4-6-16(7-5-15)11(12(17)18)10-3-2-9(13)8-14-10/h2-3,8,11H,4-7H2,1H3,(H,17,18). The number of rotatable bonds is 3. The van der Waals surface area contributed by atoms with Gasteiger partial charge in [-0.25, -0.2) is 0 Å². The zero-order valence-corrected chi connectivity index (χ0v) is 11.8. The molecule has 1 N–H and O–H groups in total. The normalized spacial score (nSPS) is 19.7. The van der Waals surface area contributed by atoms with Crippen molar-refractivity contribution in [2.24, 2.45) is 0 Å². The van der Waals surface area contributed by atoms with Crippen LogP contribution < -0.4 is 0 Å². The van der Waals surface area contributed by atoms with Gasteiger partial charge in [0.1, 0.15) is 0 Å². The SMILES string of the molecule is CN1CCN(C(C(=O)O)c2ccc(Br)cn2)CC1. The maximum atomic E-state index is 11.5. The molecule has 0 spiro atoms. The van der Waals surface area contributed by atoms with Crippen molar-refractivity contribution in [1.29, 1.82) is 0 Å². The van der Waals surface area contributed by atoms with Crippen LogP contribution >= 0.6 is 15.9 Å². The van der Waals surface area contributed by atoms with Crippen molar-refractivity contribution in [1.82, 2.24) is 14.8 Å². The Bertz CT molecular complexity index is 416. The predicted octanol–water partition coefficient (Wildman–Crippen LogP) is 1.22. The molecular weight excluding hydrogens is 298 g/mol. The number of pyridine rings is 1. The number of hydrogen-bond donors (Lipinski definition) is 1. The first-order valence-electron chi connectivity index (χ1n) is 5.85. The number of aromatic nitrogens is 1. The number of nitrogens with zero attached hydrogens (tertiary/aromatic N) is 3. The van der Waals surface area contributed by atoms with E-state index in [9.17, 15) is 9.90 Å². The quantitative estimate of drug-likeness (QED) is 0.909. The van der Waals surface area contributed by atoms with Gasteiger partial charge in [-0.05, 0) is 35.1 Å². The molecule has 1 fully saturated rings. The Morgan fingerprint density at radius 3 is 2.56 bits per heavy atom. The fraction of sp³-hybridized carbons (Fsp3) is 0.500. The highest BCUT2D eigenvalue weighted by molar-refractivity contribution is 9.10. The van der Waals surface area contributed by atoms with E-state index >= 15 is 0 Å². The first-order chi connectivity index (χ1) is 8.58. The molecule has 2 rings (SSSR count). The van der Waals surface area contributed by atoms with Gasteiger partial charge in [-0.15, -0.1) is 0 Å². The van der Waals surface area contributed by atoms with Gasteiger partial charge < -0.3 is 10.0 Å². The van der Waals surface area contributed by atoms with Gasteiger partial charge in [0.2, 0.25) is 0 Å². The molecule has 0 radical (unpaired) electrons. The summed E-state index contributed by atoms with van der Waals surface area (Å²) in [5.74, 6) is -0.839. The monoisotopic (exact) mass is 313 g/mol. The molecular formula is C12H16BrN3O2. The van der Waals surface area contributed by atoms with E-state index in [-0.39, 0.29) is 0 Å². The third-order valence-electron chi connectivity index (χ3n) is 3.17. The summed E-state index contributed by atoms with van der Waals surface area (Å²) in [5, 5.41) is 9.41. The Labute approximate surface area is 115 Å². The van der Waals surface area contributed by atoms with Gasteiger partial charge in [0.25, 0.3) is 0 Å². The second-order valence-electron chi connectivity index (χ2n) is 4.48. The van der Waals surface area contributed by atoms with Crippen LogP contribution in [0.3, 0.4) is 0 Å². The van der Waals surface area contributed by atoms with Crippen LogP contribution in [0.2, 0.25) is 0 Å². The lowest BCUT2D eigenvalue weighted by Crippen LogP contribution is -2.48. The fourth-order valence-corrected chi connectivity index (χ4v) is 2.33. The lowest BCUT2D eigenvalue weighted by atomic mass is 10.1. The first-order valence-corrected chi connectivity index (χ1v) is 6.64. The summed E-state index contributed by atoms with van der Waals surface area (Å²) < 4.78 is 0.855. The van der Waals surface area contributed by atoms with Gasteiger partial charge in [-0.2, -0.15) is 0 Å². The molecule has 1 aliphatic heterocycles. The molecule has 2 heterocycles. The van der Waals surface area contributed by atoms with Gasteiger partial charge in [0.05, 0.1) is 5.69 Å². The second kappa shape index (κ2) is 5.77. The average Bonchev–Trinajstić information content (AvgIpc) is 2.34. The molecule has 1 atom stereocenters. The summed E-state index contributed by atoms with van der Waals surface area (Å²) in [6.45, 7) is 3.29. The Morgan fingerprint density at radius 2 is 2.06 bits per heavy atom. The molecule has 18 heavy (non-hydrogen) atoms. The fourth-order valence-electron chi connectivity index (χ4n) is 2.10. The molecule has 1 unspecified atom stereocenters. The molecule has 1 aliphatic rings. The van der Waals surface area contributed by atoms with Crippen molar-refractivity contribution in [2.45, 2.75) is 6.04 Å². The molecule has 0 aromatic carbocycles. The smallest absolute Gasteiger partial charge is 0.327 e. The topological polar surface area (TPSA) is 56.7 Å². The zero-order chi connectivity index (χ0) is 13.1. The van der Waals surface area contributed by atoms with E-state index in [2.05, 4.69) is 25.8 Å². The summed E-state index contributed by atoms with van der Waals surface area (Å²) in [4.78, 5) is 19.8. The van der Waals surface area contributed by atoms with Gasteiger partial charge in [-0.3, -0.25) is 14.7 Å². The maximum absolute atomic E-state index is 11.5. The lowest BCUT2D eigenvalue weighted by Gasteiger charge is -2.35. The lowest BCUT2D eigenvalue weighted by molar-refractivity contribution is -0.144. The van der Waals surface area contributed by atoms with Crippen molar-refractivity contribution < 1.29 is 9.90 Å². The number of hydrogen-bond acceptors (Lipinski definition) is 4. The van der Waals surface area contributed by atoms with Crippen LogP contribution in [-0.2, 0) is 4.79 Å². The van der Waals surface area contributed by atoms with E-state index in [1.54, 1.807) is 12.3 Å². The molecule has 0 bridgehead atoms. The highest BCUT2D eigenvalue weighted by atomic mass is 79.9. The summed E-state index contributed by atoms with van der Waals surface area (Å²) in [6.07, 6.45) is 1.64. The number of halogens is 1. The number of carboxylic acids is 1. The second-order valence-corrected chi connectivity index (χ2v) is 5.40. The first kappa shape index (κ1) is 13.5. The largest absolute Gasteiger partial charge is 0.480 e. The van der Waals surface area contributed by atoms with E-state index in [4.69, 9.17) is 0 Å². The van der Waals surface area contributed by atoms with Crippen LogP contribution in [0.25, 0.3) is 0 Å². The Hall–Kier alpha value is -0.980. The highest BCUT2D eigenvalue weighted by Gasteiger charge is 2.30.